The molecule has 1 aromatic carbocycles. The zero-order valence-electron chi connectivity index (χ0n) is 9.36. The molecule has 1 atom stereocenters. The highest BCUT2D eigenvalue weighted by atomic mass is 32.2. The predicted molar refractivity (Wildman–Crippen MR) is 66.2 cm³/mol. The fourth-order valence-electron chi connectivity index (χ4n) is 1.10. The maximum absolute atomic E-state index is 10.8. The second kappa shape index (κ2) is 6.19. The lowest BCUT2D eigenvalue weighted by molar-refractivity contribution is -0.114. The van der Waals surface area contributed by atoms with Crippen molar-refractivity contribution in [1.82, 2.24) is 0 Å². The lowest BCUT2D eigenvalue weighted by Gasteiger charge is -2.05. The van der Waals surface area contributed by atoms with Crippen LogP contribution in [0.1, 0.15) is 13.8 Å². The molecule has 1 amide bonds. The van der Waals surface area contributed by atoms with Crippen molar-refractivity contribution in [3.8, 4) is 6.07 Å². The van der Waals surface area contributed by atoms with Crippen molar-refractivity contribution in [3.05, 3.63) is 24.3 Å². The molecule has 0 heterocycles. The highest BCUT2D eigenvalue weighted by Gasteiger charge is 2.01. The monoisotopic (exact) mass is 234 g/mol. The first-order valence-corrected chi connectivity index (χ1v) is 6.00. The third-order valence-corrected chi connectivity index (χ3v) is 3.17. The van der Waals surface area contributed by atoms with Crippen LogP contribution < -0.4 is 5.32 Å². The van der Waals surface area contributed by atoms with E-state index in [2.05, 4.69) is 11.4 Å². The summed E-state index contributed by atoms with van der Waals surface area (Å²) in [4.78, 5) is 11.9. The van der Waals surface area contributed by atoms with Gasteiger partial charge in [-0.2, -0.15) is 5.26 Å². The molecule has 4 heteroatoms. The number of nitriles is 1. The molecule has 84 valence electrons. The van der Waals surface area contributed by atoms with Crippen LogP contribution in [0.15, 0.2) is 29.2 Å². The molecule has 0 saturated heterocycles. The highest BCUT2D eigenvalue weighted by Crippen LogP contribution is 2.22. The number of hydrogen-bond donors (Lipinski definition) is 1. The minimum absolute atomic E-state index is 0.0556. The molecular weight excluding hydrogens is 220 g/mol. The van der Waals surface area contributed by atoms with E-state index in [1.54, 1.807) is 11.8 Å². The van der Waals surface area contributed by atoms with Gasteiger partial charge in [-0.3, -0.25) is 4.79 Å². The van der Waals surface area contributed by atoms with E-state index in [1.165, 1.54) is 6.92 Å². The van der Waals surface area contributed by atoms with E-state index in [4.69, 9.17) is 5.26 Å². The van der Waals surface area contributed by atoms with Gasteiger partial charge in [0.1, 0.15) is 0 Å². The minimum atomic E-state index is -0.0708. The van der Waals surface area contributed by atoms with E-state index in [9.17, 15) is 4.79 Å². The number of amides is 1. The van der Waals surface area contributed by atoms with Crippen LogP contribution in [-0.4, -0.2) is 11.7 Å². The summed E-state index contributed by atoms with van der Waals surface area (Å²) in [6.45, 7) is 3.38. The summed E-state index contributed by atoms with van der Waals surface area (Å²) in [5.41, 5.74) is 0.796. The number of thioether (sulfide) groups is 1. The minimum Gasteiger partial charge on any atom is -0.326 e. The maximum Gasteiger partial charge on any atom is 0.221 e. The van der Waals surface area contributed by atoms with Gasteiger partial charge >= 0.3 is 0 Å². The van der Waals surface area contributed by atoms with Gasteiger partial charge in [-0.1, -0.05) is 0 Å². The Hall–Kier alpha value is -1.47. The molecule has 0 radical (unpaired) electrons. The quantitative estimate of drug-likeness (QED) is 0.815. The van der Waals surface area contributed by atoms with Crippen LogP contribution in [-0.2, 0) is 4.79 Å². The summed E-state index contributed by atoms with van der Waals surface area (Å²) < 4.78 is 0. The first-order valence-electron chi connectivity index (χ1n) is 5.02. The Balaban J connectivity index is 2.52. The number of nitrogens with one attached hydrogen (secondary N) is 1. The second-order valence-corrected chi connectivity index (χ2v) is 4.64. The van der Waals surface area contributed by atoms with Crippen LogP contribution in [0, 0.1) is 17.2 Å². The van der Waals surface area contributed by atoms with E-state index in [0.717, 1.165) is 16.3 Å². The Bertz CT molecular complexity index is 394. The van der Waals surface area contributed by atoms with Gasteiger partial charge in [0.15, 0.2) is 0 Å². The standard InChI is InChI=1S/C12H14N2OS/c1-9(7-13)8-16-12-5-3-11(4-6-12)14-10(2)15/h3-6,9H,8H2,1-2H3,(H,14,15). The highest BCUT2D eigenvalue weighted by molar-refractivity contribution is 7.99. The third-order valence-electron chi connectivity index (χ3n) is 1.90. The Kier molecular flexibility index (Phi) is 4.87. The zero-order chi connectivity index (χ0) is 12.0. The number of carbonyl (C=O) groups is 1. The molecule has 0 bridgehead atoms. The topological polar surface area (TPSA) is 52.9 Å². The van der Waals surface area contributed by atoms with Crippen molar-refractivity contribution in [2.75, 3.05) is 11.1 Å². The van der Waals surface area contributed by atoms with Gasteiger partial charge in [0, 0.05) is 23.3 Å². The van der Waals surface area contributed by atoms with Gasteiger partial charge in [0.2, 0.25) is 5.91 Å². The fourth-order valence-corrected chi connectivity index (χ4v) is 1.94. The summed E-state index contributed by atoms with van der Waals surface area (Å²) >= 11 is 1.65. The number of hydrogen-bond acceptors (Lipinski definition) is 3. The van der Waals surface area contributed by atoms with E-state index >= 15 is 0 Å². The molecule has 0 aliphatic heterocycles. The molecule has 0 aliphatic rings. The van der Waals surface area contributed by atoms with Crippen molar-refractivity contribution in [2.24, 2.45) is 5.92 Å². The normalized spacial score (nSPS) is 11.6. The van der Waals surface area contributed by atoms with E-state index in [-0.39, 0.29) is 11.8 Å². The van der Waals surface area contributed by atoms with Gasteiger partial charge in [-0.25, -0.2) is 0 Å². The fraction of sp³-hybridized carbons (Fsp3) is 0.333. The van der Waals surface area contributed by atoms with E-state index < -0.39 is 0 Å². The van der Waals surface area contributed by atoms with Crippen molar-refractivity contribution in [2.45, 2.75) is 18.7 Å². The number of nitrogens with zero attached hydrogens (tertiary/aromatic N) is 1. The Labute approximate surface area is 99.8 Å². The Morgan fingerprint density at radius 1 is 1.50 bits per heavy atom. The molecule has 1 unspecified atom stereocenters. The van der Waals surface area contributed by atoms with Gasteiger partial charge in [-0.05, 0) is 31.2 Å². The molecule has 1 aromatic rings. The maximum atomic E-state index is 10.8. The van der Waals surface area contributed by atoms with Gasteiger partial charge in [0.05, 0.1) is 12.0 Å². The molecular formula is C12H14N2OS. The molecule has 0 fully saturated rings. The Morgan fingerprint density at radius 2 is 2.12 bits per heavy atom. The molecule has 1 rings (SSSR count). The largest absolute Gasteiger partial charge is 0.326 e. The summed E-state index contributed by atoms with van der Waals surface area (Å²) in [7, 11) is 0. The summed E-state index contributed by atoms with van der Waals surface area (Å²) in [6.07, 6.45) is 0. The van der Waals surface area contributed by atoms with E-state index in [0.29, 0.717) is 0 Å². The van der Waals surface area contributed by atoms with Crippen LogP contribution in [0.3, 0.4) is 0 Å². The van der Waals surface area contributed by atoms with E-state index in [1.807, 2.05) is 31.2 Å². The first-order chi connectivity index (χ1) is 7.61. The zero-order valence-corrected chi connectivity index (χ0v) is 10.2. The predicted octanol–water partition coefficient (Wildman–Crippen LogP) is 2.90. The number of benzene rings is 1. The molecule has 0 aromatic heterocycles. The third kappa shape index (κ3) is 4.37. The lowest BCUT2D eigenvalue weighted by Crippen LogP contribution is -2.05. The van der Waals surface area contributed by atoms with Crippen LogP contribution >= 0.6 is 11.8 Å². The molecule has 1 N–H and O–H groups in total. The van der Waals surface area contributed by atoms with Gasteiger partial charge < -0.3 is 5.32 Å². The van der Waals surface area contributed by atoms with Crippen molar-refractivity contribution < 1.29 is 4.79 Å². The smallest absolute Gasteiger partial charge is 0.221 e. The van der Waals surface area contributed by atoms with Crippen molar-refractivity contribution in [1.29, 1.82) is 5.26 Å². The lowest BCUT2D eigenvalue weighted by atomic mass is 10.3. The van der Waals surface area contributed by atoms with Gasteiger partial charge in [0.25, 0.3) is 0 Å². The molecule has 0 aliphatic carbocycles. The van der Waals surface area contributed by atoms with Crippen LogP contribution in [0.5, 0.6) is 0 Å². The average molecular weight is 234 g/mol. The SMILES string of the molecule is CC(=O)Nc1ccc(SCC(C)C#N)cc1. The number of carbonyl (C=O) groups excluding carboxylic acids is 1. The number of anilines is 1. The summed E-state index contributed by atoms with van der Waals surface area (Å²) in [6, 6.07) is 9.81. The van der Waals surface area contributed by atoms with Crippen LogP contribution in [0.25, 0.3) is 0 Å². The molecule has 0 saturated carbocycles. The summed E-state index contributed by atoms with van der Waals surface area (Å²) in [5, 5.41) is 11.4. The molecule has 0 spiro atoms. The average Bonchev–Trinajstić information content (AvgIpc) is 2.27. The van der Waals surface area contributed by atoms with Crippen molar-refractivity contribution >= 4 is 23.4 Å². The Morgan fingerprint density at radius 3 is 2.62 bits per heavy atom. The molecule has 3 nitrogen and oxygen atoms in total. The van der Waals surface area contributed by atoms with Crippen LogP contribution in [0.2, 0.25) is 0 Å². The van der Waals surface area contributed by atoms with Gasteiger partial charge in [-0.15, -0.1) is 11.8 Å². The first kappa shape index (κ1) is 12.6. The van der Waals surface area contributed by atoms with Crippen molar-refractivity contribution in [3.63, 3.8) is 0 Å². The second-order valence-electron chi connectivity index (χ2n) is 3.55. The van der Waals surface area contributed by atoms with Crippen LogP contribution in [0.4, 0.5) is 5.69 Å². The summed E-state index contributed by atoms with van der Waals surface area (Å²) in [5.74, 6) is 0.772. The number of rotatable bonds is 4. The molecule has 16 heavy (non-hydrogen) atoms.